The fourth-order valence-electron chi connectivity index (χ4n) is 6.74. The van der Waals surface area contributed by atoms with Crippen LogP contribution in [0.4, 0.5) is 4.39 Å². The van der Waals surface area contributed by atoms with E-state index in [1.54, 1.807) is 11.8 Å². The third kappa shape index (κ3) is 2.30. The number of thioether (sulfide) groups is 1. The van der Waals surface area contributed by atoms with Gasteiger partial charge < -0.3 is 0 Å². The SMILES string of the molecule is C=C1C[C@@H]2[C@H](CC[C@]3(C)C(=O)[C@H](F)C[C@@H]23)[C@@]2(C)CCC(=O)C(SCC)=C12. The lowest BCUT2D eigenvalue weighted by Crippen LogP contribution is -2.51. The highest BCUT2D eigenvalue weighted by Gasteiger charge is 2.62. The van der Waals surface area contributed by atoms with E-state index in [4.69, 9.17) is 0 Å². The minimum absolute atomic E-state index is 0.0514. The van der Waals surface area contributed by atoms with Crippen LogP contribution in [0.2, 0.25) is 0 Å². The van der Waals surface area contributed by atoms with Gasteiger partial charge in [0.2, 0.25) is 0 Å². The van der Waals surface area contributed by atoms with Crippen molar-refractivity contribution in [3.8, 4) is 0 Å². The van der Waals surface area contributed by atoms with Gasteiger partial charge in [0.1, 0.15) is 0 Å². The first-order chi connectivity index (χ1) is 12.2. The van der Waals surface area contributed by atoms with Crippen LogP contribution in [-0.2, 0) is 9.59 Å². The summed E-state index contributed by atoms with van der Waals surface area (Å²) in [6, 6.07) is 0. The monoisotopic (exact) mass is 376 g/mol. The van der Waals surface area contributed by atoms with E-state index in [-0.39, 0.29) is 22.9 Å². The summed E-state index contributed by atoms with van der Waals surface area (Å²) in [5.41, 5.74) is 1.72. The molecule has 0 saturated heterocycles. The van der Waals surface area contributed by atoms with Gasteiger partial charge in [-0.2, -0.15) is 0 Å². The smallest absolute Gasteiger partial charge is 0.173 e. The average Bonchev–Trinajstić information content (AvgIpc) is 2.82. The maximum atomic E-state index is 14.3. The summed E-state index contributed by atoms with van der Waals surface area (Å²) < 4.78 is 14.3. The standard InChI is InChI=1S/C22H29FO2S/c1-5-26-19-17(24)7-9-21(3)14-6-8-22(4)15(11-16(23)20(22)25)13(14)10-12(2)18(19)21/h13-16H,2,5-11H2,1,3-4H3/t13-,14+,15+,16-,21-,22+/m1/s1. The minimum Gasteiger partial charge on any atom is -0.296 e. The van der Waals surface area contributed by atoms with Crippen LogP contribution >= 0.6 is 11.8 Å². The van der Waals surface area contributed by atoms with E-state index >= 15 is 0 Å². The number of hydrogen-bond acceptors (Lipinski definition) is 3. The van der Waals surface area contributed by atoms with Crippen molar-refractivity contribution in [2.75, 3.05) is 5.75 Å². The molecule has 0 spiro atoms. The van der Waals surface area contributed by atoms with Crippen LogP contribution in [0.15, 0.2) is 22.6 Å². The molecule has 0 bridgehead atoms. The number of hydrogen-bond donors (Lipinski definition) is 0. The zero-order valence-corrected chi connectivity index (χ0v) is 16.9. The number of rotatable bonds is 2. The number of alkyl halides is 1. The lowest BCUT2D eigenvalue weighted by Gasteiger charge is -2.57. The molecular weight excluding hydrogens is 347 g/mol. The van der Waals surface area contributed by atoms with Crippen molar-refractivity contribution in [2.45, 2.75) is 65.5 Å². The van der Waals surface area contributed by atoms with E-state index in [9.17, 15) is 14.0 Å². The number of ketones is 2. The van der Waals surface area contributed by atoms with Gasteiger partial charge in [0, 0.05) is 11.8 Å². The third-order valence-corrected chi connectivity index (χ3v) is 9.01. The lowest BCUT2D eigenvalue weighted by atomic mass is 9.46. The summed E-state index contributed by atoms with van der Waals surface area (Å²) in [5.74, 6) is 1.86. The molecule has 0 unspecified atom stereocenters. The molecule has 6 atom stereocenters. The Morgan fingerprint density at radius 2 is 1.92 bits per heavy atom. The zero-order chi connectivity index (χ0) is 18.9. The molecule has 2 nitrogen and oxygen atoms in total. The highest BCUT2D eigenvalue weighted by molar-refractivity contribution is 8.04. The highest BCUT2D eigenvalue weighted by Crippen LogP contribution is 2.66. The van der Waals surface area contributed by atoms with Crippen molar-refractivity contribution < 1.29 is 14.0 Å². The van der Waals surface area contributed by atoms with Gasteiger partial charge in [0.15, 0.2) is 17.7 Å². The van der Waals surface area contributed by atoms with E-state index in [2.05, 4.69) is 20.4 Å². The van der Waals surface area contributed by atoms with Gasteiger partial charge in [-0.05, 0) is 72.2 Å². The zero-order valence-electron chi connectivity index (χ0n) is 16.1. The van der Waals surface area contributed by atoms with E-state index < -0.39 is 11.6 Å². The molecule has 4 heteroatoms. The topological polar surface area (TPSA) is 34.1 Å². The first kappa shape index (κ1) is 18.5. The average molecular weight is 377 g/mol. The molecule has 4 aliphatic carbocycles. The summed E-state index contributed by atoms with van der Waals surface area (Å²) in [4.78, 5) is 26.0. The van der Waals surface area contributed by atoms with E-state index in [1.807, 2.05) is 6.92 Å². The molecule has 4 rings (SSSR count). The second-order valence-electron chi connectivity index (χ2n) is 9.19. The van der Waals surface area contributed by atoms with Crippen molar-refractivity contribution in [2.24, 2.45) is 28.6 Å². The Morgan fingerprint density at radius 1 is 1.19 bits per heavy atom. The molecular formula is C22H29FO2S. The Hall–Kier alpha value is -0.900. The maximum absolute atomic E-state index is 14.3. The van der Waals surface area contributed by atoms with Crippen LogP contribution in [-0.4, -0.2) is 23.5 Å². The number of carbonyl (C=O) groups is 2. The van der Waals surface area contributed by atoms with Gasteiger partial charge >= 0.3 is 0 Å². The van der Waals surface area contributed by atoms with Gasteiger partial charge in [-0.1, -0.05) is 27.4 Å². The predicted octanol–water partition coefficient (Wildman–Crippen LogP) is 5.28. The molecule has 0 aromatic heterocycles. The van der Waals surface area contributed by atoms with Gasteiger partial charge in [-0.25, -0.2) is 4.39 Å². The third-order valence-electron chi connectivity index (χ3n) is 8.00. The quantitative estimate of drug-likeness (QED) is 0.657. The summed E-state index contributed by atoms with van der Waals surface area (Å²) in [5, 5.41) is 0. The number of allylic oxidation sites excluding steroid dienone is 2. The maximum Gasteiger partial charge on any atom is 0.173 e. The van der Waals surface area contributed by atoms with Gasteiger partial charge in [-0.15, -0.1) is 11.8 Å². The molecule has 0 aromatic carbocycles. The summed E-state index contributed by atoms with van der Waals surface area (Å²) in [6.07, 6.45) is 3.13. The largest absolute Gasteiger partial charge is 0.296 e. The molecule has 0 aliphatic heterocycles. The molecule has 0 aromatic rings. The Balaban J connectivity index is 1.78. The van der Waals surface area contributed by atoms with Crippen LogP contribution in [0, 0.1) is 28.6 Å². The fourth-order valence-corrected chi connectivity index (χ4v) is 7.81. The second kappa shape index (κ2) is 6.05. The van der Waals surface area contributed by atoms with Crippen LogP contribution in [0.25, 0.3) is 0 Å². The van der Waals surface area contributed by atoms with Crippen LogP contribution < -0.4 is 0 Å². The molecule has 3 fully saturated rings. The molecule has 3 saturated carbocycles. The Morgan fingerprint density at radius 3 is 2.62 bits per heavy atom. The van der Waals surface area contributed by atoms with Crippen molar-refractivity contribution in [1.82, 2.24) is 0 Å². The molecule has 26 heavy (non-hydrogen) atoms. The highest BCUT2D eigenvalue weighted by atomic mass is 32.2. The summed E-state index contributed by atoms with van der Waals surface area (Å²) in [7, 11) is 0. The van der Waals surface area contributed by atoms with Gasteiger partial charge in [-0.3, -0.25) is 9.59 Å². The molecule has 0 heterocycles. The van der Waals surface area contributed by atoms with Crippen molar-refractivity contribution in [1.29, 1.82) is 0 Å². The van der Waals surface area contributed by atoms with E-state index in [0.717, 1.165) is 41.9 Å². The second-order valence-corrected chi connectivity index (χ2v) is 10.5. The lowest BCUT2D eigenvalue weighted by molar-refractivity contribution is -0.134. The first-order valence-corrected chi connectivity index (χ1v) is 11.0. The van der Waals surface area contributed by atoms with Gasteiger partial charge in [0.05, 0.1) is 4.91 Å². The van der Waals surface area contributed by atoms with Gasteiger partial charge in [0.25, 0.3) is 0 Å². The van der Waals surface area contributed by atoms with Crippen molar-refractivity contribution >= 4 is 23.3 Å². The number of halogens is 1. The number of Topliss-reactive ketones (excluding diaryl/α,β-unsaturated/α-hetero) is 2. The first-order valence-electron chi connectivity index (χ1n) is 10.0. The van der Waals surface area contributed by atoms with Crippen LogP contribution in [0.3, 0.4) is 0 Å². The molecule has 0 radical (unpaired) electrons. The summed E-state index contributed by atoms with van der Waals surface area (Å²) >= 11 is 1.66. The Kier molecular flexibility index (Phi) is 4.30. The predicted molar refractivity (Wildman–Crippen MR) is 104 cm³/mol. The van der Waals surface area contributed by atoms with Crippen molar-refractivity contribution in [3.63, 3.8) is 0 Å². The van der Waals surface area contributed by atoms with E-state index in [0.29, 0.717) is 24.7 Å². The van der Waals surface area contributed by atoms with E-state index in [1.165, 1.54) is 5.57 Å². The molecule has 142 valence electrons. The van der Waals surface area contributed by atoms with Crippen LogP contribution in [0.1, 0.15) is 59.3 Å². The summed E-state index contributed by atoms with van der Waals surface area (Å²) in [6.45, 7) is 10.8. The van der Waals surface area contributed by atoms with Crippen LogP contribution in [0.5, 0.6) is 0 Å². The molecule has 4 aliphatic rings. The Labute approximate surface area is 160 Å². The molecule has 0 amide bonds. The number of carbonyl (C=O) groups excluding carboxylic acids is 2. The fraction of sp³-hybridized carbons (Fsp3) is 0.727. The van der Waals surface area contributed by atoms with Crippen molar-refractivity contribution in [3.05, 3.63) is 22.6 Å². The Bertz CT molecular complexity index is 726. The molecule has 0 N–H and O–H groups in total. The minimum atomic E-state index is -1.29. The normalized spacial score (nSPS) is 45.5. The number of fused-ring (bicyclic) bond motifs is 5.